The van der Waals surface area contributed by atoms with Crippen LogP contribution >= 0.6 is 11.6 Å². The smallest absolute Gasteiger partial charge is 0.161 e. The van der Waals surface area contributed by atoms with Gasteiger partial charge in [0, 0.05) is 16.7 Å². The molecule has 128 valence electrons. The minimum atomic E-state index is -0.947. The first-order valence-electron chi connectivity index (χ1n) is 7.92. The number of halogens is 3. The molecule has 1 aliphatic heterocycles. The molecule has 1 heterocycles. The minimum absolute atomic E-state index is 0.232. The maximum absolute atomic E-state index is 13.5. The van der Waals surface area contributed by atoms with Crippen LogP contribution in [0.4, 0.5) is 14.5 Å². The molecule has 0 spiro atoms. The van der Waals surface area contributed by atoms with E-state index in [-0.39, 0.29) is 5.92 Å². The Balaban J connectivity index is 1.80. The highest BCUT2D eigenvalue weighted by Gasteiger charge is 2.25. The van der Waals surface area contributed by atoms with Gasteiger partial charge in [0.2, 0.25) is 0 Å². The van der Waals surface area contributed by atoms with E-state index >= 15 is 0 Å². The predicted molar refractivity (Wildman–Crippen MR) is 101 cm³/mol. The summed E-state index contributed by atoms with van der Waals surface area (Å²) in [7, 11) is 0. The lowest BCUT2D eigenvalue weighted by atomic mass is 9.95. The van der Waals surface area contributed by atoms with E-state index in [2.05, 4.69) is 15.0 Å². The van der Waals surface area contributed by atoms with Crippen molar-refractivity contribution in [2.24, 2.45) is 20.9 Å². The molecule has 0 amide bonds. The first kappa shape index (κ1) is 16.5. The lowest BCUT2D eigenvalue weighted by Crippen LogP contribution is -2.27. The lowest BCUT2D eigenvalue weighted by Gasteiger charge is -2.21. The number of hydrogen-bond donors (Lipinski definition) is 0. The van der Waals surface area contributed by atoms with Gasteiger partial charge in [-0.1, -0.05) is 29.8 Å². The lowest BCUT2D eigenvalue weighted by molar-refractivity contribution is 0.509. The normalized spacial score (nSPS) is 20.0. The Bertz CT molecular complexity index is 1020. The fraction of sp³-hybridized carbons (Fsp3) is 0.0500. The van der Waals surface area contributed by atoms with Crippen molar-refractivity contribution in [2.75, 3.05) is 0 Å². The summed E-state index contributed by atoms with van der Waals surface area (Å²) in [6.45, 7) is 0. The second-order valence-corrected chi connectivity index (χ2v) is 6.21. The van der Waals surface area contributed by atoms with Crippen LogP contribution in [0.2, 0.25) is 5.02 Å². The van der Waals surface area contributed by atoms with Gasteiger partial charge in [0.15, 0.2) is 17.5 Å². The van der Waals surface area contributed by atoms with E-state index in [1.165, 1.54) is 6.07 Å². The van der Waals surface area contributed by atoms with Crippen LogP contribution in [0.3, 0.4) is 0 Å². The van der Waals surface area contributed by atoms with Crippen molar-refractivity contribution < 1.29 is 8.78 Å². The van der Waals surface area contributed by atoms with E-state index in [1.54, 1.807) is 12.1 Å². The van der Waals surface area contributed by atoms with Crippen LogP contribution in [0, 0.1) is 17.6 Å². The van der Waals surface area contributed by atoms with Crippen LogP contribution in [-0.2, 0) is 0 Å². The van der Waals surface area contributed by atoms with Gasteiger partial charge in [-0.3, -0.25) is 0 Å². The predicted octanol–water partition coefficient (Wildman–Crippen LogP) is 5.29. The molecule has 2 aromatic carbocycles. The summed E-state index contributed by atoms with van der Waals surface area (Å²) < 4.78 is 26.7. The van der Waals surface area contributed by atoms with Gasteiger partial charge in [-0.2, -0.15) is 0 Å². The van der Waals surface area contributed by atoms with Gasteiger partial charge >= 0.3 is 0 Å². The van der Waals surface area contributed by atoms with Crippen molar-refractivity contribution >= 4 is 34.7 Å². The molecular formula is C20H12ClF2N3. The number of allylic oxidation sites excluding steroid dienone is 3. The second-order valence-electron chi connectivity index (χ2n) is 5.77. The van der Waals surface area contributed by atoms with Crippen molar-refractivity contribution in [1.29, 1.82) is 0 Å². The van der Waals surface area contributed by atoms with E-state index in [4.69, 9.17) is 11.6 Å². The molecule has 3 nitrogen and oxygen atoms in total. The molecule has 0 radical (unpaired) electrons. The van der Waals surface area contributed by atoms with Crippen LogP contribution in [-0.4, -0.2) is 17.4 Å². The first-order chi connectivity index (χ1) is 12.6. The second kappa shape index (κ2) is 6.77. The Morgan fingerprint density at radius 3 is 2.50 bits per heavy atom. The zero-order valence-corrected chi connectivity index (χ0v) is 14.2. The Morgan fingerprint density at radius 1 is 0.923 bits per heavy atom. The van der Waals surface area contributed by atoms with E-state index in [0.717, 1.165) is 23.4 Å². The molecule has 1 unspecified atom stereocenters. The Kier molecular flexibility index (Phi) is 4.31. The van der Waals surface area contributed by atoms with Crippen LogP contribution in [0.15, 0.2) is 81.7 Å². The third-order valence-corrected chi connectivity index (χ3v) is 4.24. The maximum Gasteiger partial charge on any atom is 0.161 e. The summed E-state index contributed by atoms with van der Waals surface area (Å²) in [5, 5.41) is 0.617. The van der Waals surface area contributed by atoms with Crippen LogP contribution in [0.25, 0.3) is 0 Å². The number of rotatable bonds is 2. The molecule has 26 heavy (non-hydrogen) atoms. The van der Waals surface area contributed by atoms with Crippen molar-refractivity contribution in [2.45, 2.75) is 0 Å². The molecule has 0 saturated heterocycles. The van der Waals surface area contributed by atoms with Gasteiger partial charge in [0.1, 0.15) is 5.84 Å². The van der Waals surface area contributed by atoms with Crippen molar-refractivity contribution in [3.8, 4) is 0 Å². The largest absolute Gasteiger partial charge is 0.232 e. The number of hydrogen-bond acceptors (Lipinski definition) is 2. The molecule has 0 bridgehead atoms. The molecular weight excluding hydrogens is 356 g/mol. The third kappa shape index (κ3) is 3.26. The van der Waals surface area contributed by atoms with Crippen molar-refractivity contribution in [3.63, 3.8) is 0 Å². The van der Waals surface area contributed by atoms with Gasteiger partial charge in [-0.25, -0.2) is 23.8 Å². The third-order valence-electron chi connectivity index (χ3n) is 3.98. The first-order valence-corrected chi connectivity index (χ1v) is 8.30. The Morgan fingerprint density at radius 2 is 1.73 bits per heavy atom. The van der Waals surface area contributed by atoms with E-state index in [9.17, 15) is 8.78 Å². The molecule has 0 aromatic heterocycles. The molecule has 0 fully saturated rings. The summed E-state index contributed by atoms with van der Waals surface area (Å²) in [4.78, 5) is 13.6. The maximum atomic E-state index is 13.5. The molecule has 1 atom stereocenters. The van der Waals surface area contributed by atoms with E-state index < -0.39 is 11.6 Å². The quantitative estimate of drug-likeness (QED) is 0.691. The summed E-state index contributed by atoms with van der Waals surface area (Å²) in [6.07, 6.45) is 7.57. The van der Waals surface area contributed by atoms with Crippen LogP contribution in [0.5, 0.6) is 0 Å². The highest BCUT2D eigenvalue weighted by Crippen LogP contribution is 2.24. The zero-order valence-electron chi connectivity index (χ0n) is 13.4. The highest BCUT2D eigenvalue weighted by molar-refractivity contribution is 6.31. The van der Waals surface area contributed by atoms with Crippen molar-refractivity contribution in [3.05, 3.63) is 89.0 Å². The molecule has 6 heteroatoms. The fourth-order valence-corrected chi connectivity index (χ4v) is 2.82. The molecule has 2 aromatic rings. The van der Waals surface area contributed by atoms with Gasteiger partial charge in [0.25, 0.3) is 0 Å². The molecule has 4 rings (SSSR count). The number of amidine groups is 2. The van der Waals surface area contributed by atoms with Gasteiger partial charge in [0.05, 0.1) is 17.3 Å². The summed E-state index contributed by atoms with van der Waals surface area (Å²) >= 11 is 5.94. The Hall–Kier alpha value is -2.92. The van der Waals surface area contributed by atoms with Crippen LogP contribution < -0.4 is 0 Å². The van der Waals surface area contributed by atoms with Gasteiger partial charge in [-0.15, -0.1) is 0 Å². The number of fused-ring (bicyclic) bond motifs is 1. The van der Waals surface area contributed by atoms with Crippen LogP contribution in [0.1, 0.15) is 5.56 Å². The molecule has 1 aliphatic carbocycles. The molecule has 2 aliphatic rings. The number of benzene rings is 2. The summed E-state index contributed by atoms with van der Waals surface area (Å²) in [5.74, 6) is -1.13. The van der Waals surface area contributed by atoms with E-state index in [0.29, 0.717) is 22.4 Å². The minimum Gasteiger partial charge on any atom is -0.232 e. The van der Waals surface area contributed by atoms with Gasteiger partial charge < -0.3 is 0 Å². The topological polar surface area (TPSA) is 37.1 Å². The van der Waals surface area contributed by atoms with Crippen molar-refractivity contribution in [1.82, 2.24) is 0 Å². The molecule has 0 saturated carbocycles. The summed E-state index contributed by atoms with van der Waals surface area (Å²) in [5.41, 5.74) is 1.87. The van der Waals surface area contributed by atoms with E-state index in [1.807, 2.05) is 36.4 Å². The highest BCUT2D eigenvalue weighted by atomic mass is 35.5. The average molecular weight is 368 g/mol. The zero-order chi connectivity index (χ0) is 18.1. The monoisotopic (exact) mass is 367 g/mol. The SMILES string of the molecule is Fc1ccc(N=C2N=C(c3ccc(Cl)cc3)N=C3C=CC=CC32)cc1F. The summed E-state index contributed by atoms with van der Waals surface area (Å²) in [6, 6.07) is 10.7. The average Bonchev–Trinajstić information content (AvgIpc) is 2.65. The van der Waals surface area contributed by atoms with Gasteiger partial charge in [-0.05, 0) is 42.5 Å². The standard InChI is InChI=1S/C20H12ClF2N3/c21-13-7-5-12(6-8-13)19-25-18-4-2-1-3-15(18)20(26-19)24-14-9-10-16(22)17(23)11-14/h1-11,15H. The molecule has 0 N–H and O–H groups in total. The number of aliphatic imine (C=N–C) groups is 3. The number of nitrogens with zero attached hydrogens (tertiary/aromatic N) is 3. The fourth-order valence-electron chi connectivity index (χ4n) is 2.69. The Labute approximate surface area is 153 Å².